The molecule has 1 heteroatoms. The number of carbonyl (C=O) groups is 1. The van der Waals surface area contributed by atoms with E-state index in [1.165, 1.54) is 6.42 Å². The predicted molar refractivity (Wildman–Crippen MR) is 32.6 cm³/mol. The summed E-state index contributed by atoms with van der Waals surface area (Å²) in [6, 6.07) is 0. The van der Waals surface area contributed by atoms with Crippen molar-refractivity contribution in [3.63, 3.8) is 0 Å². The maximum absolute atomic E-state index is 10.2. The summed E-state index contributed by atoms with van der Waals surface area (Å²) in [4.78, 5) is 10.2. The Balaban J connectivity index is 2.32. The van der Waals surface area contributed by atoms with Gasteiger partial charge in [0, 0.05) is 5.92 Å². The minimum absolute atomic E-state index is 0.394. The summed E-state index contributed by atoms with van der Waals surface area (Å²) in [5.41, 5.74) is 0. The van der Waals surface area contributed by atoms with Crippen LogP contribution in [0.25, 0.3) is 0 Å². The van der Waals surface area contributed by atoms with Crippen molar-refractivity contribution in [1.82, 2.24) is 0 Å². The molecule has 1 saturated carbocycles. The van der Waals surface area contributed by atoms with Gasteiger partial charge in [-0.1, -0.05) is 13.3 Å². The Morgan fingerprint density at radius 3 is 2.50 bits per heavy atom. The van der Waals surface area contributed by atoms with Gasteiger partial charge in [0.25, 0.3) is 0 Å². The second-order valence-electron chi connectivity index (χ2n) is 2.81. The van der Waals surface area contributed by atoms with Gasteiger partial charge in [-0.05, 0) is 18.8 Å². The first kappa shape index (κ1) is 5.80. The van der Waals surface area contributed by atoms with Gasteiger partial charge in [-0.3, -0.25) is 0 Å². The van der Waals surface area contributed by atoms with Gasteiger partial charge in [0.1, 0.15) is 6.29 Å². The summed E-state index contributed by atoms with van der Waals surface area (Å²) in [7, 11) is 0. The summed E-state index contributed by atoms with van der Waals surface area (Å²) in [6.07, 6.45) is 4.61. The summed E-state index contributed by atoms with van der Waals surface area (Å²) < 4.78 is 0. The fourth-order valence-corrected chi connectivity index (χ4v) is 1.37. The average molecular weight is 112 g/mol. The van der Waals surface area contributed by atoms with Gasteiger partial charge < -0.3 is 4.79 Å². The topological polar surface area (TPSA) is 17.1 Å². The number of aldehydes is 1. The molecule has 8 heavy (non-hydrogen) atoms. The van der Waals surface area contributed by atoms with Crippen LogP contribution in [-0.2, 0) is 4.79 Å². The Kier molecular flexibility index (Phi) is 1.66. The second-order valence-corrected chi connectivity index (χ2v) is 2.81. The van der Waals surface area contributed by atoms with Gasteiger partial charge in [-0.15, -0.1) is 0 Å². The van der Waals surface area contributed by atoms with E-state index in [1.54, 1.807) is 0 Å². The maximum atomic E-state index is 10.2. The van der Waals surface area contributed by atoms with Crippen LogP contribution in [0.5, 0.6) is 0 Å². The fourth-order valence-electron chi connectivity index (χ4n) is 1.37. The van der Waals surface area contributed by atoms with Crippen molar-refractivity contribution in [3.05, 3.63) is 0 Å². The zero-order valence-corrected chi connectivity index (χ0v) is 5.26. The van der Waals surface area contributed by atoms with Crippen molar-refractivity contribution in [2.45, 2.75) is 26.2 Å². The lowest BCUT2D eigenvalue weighted by Gasteiger charge is -1.95. The van der Waals surface area contributed by atoms with Gasteiger partial charge in [0.15, 0.2) is 0 Å². The average Bonchev–Trinajstić information content (AvgIpc) is 2.14. The van der Waals surface area contributed by atoms with E-state index >= 15 is 0 Å². The van der Waals surface area contributed by atoms with Crippen molar-refractivity contribution >= 4 is 6.29 Å². The molecule has 0 heterocycles. The van der Waals surface area contributed by atoms with Gasteiger partial charge in [0.05, 0.1) is 0 Å². The van der Waals surface area contributed by atoms with E-state index in [-0.39, 0.29) is 0 Å². The van der Waals surface area contributed by atoms with E-state index in [0.29, 0.717) is 5.92 Å². The SMILES string of the molecule is C[C@H]1CC[C@@H](C=O)C1. The highest BCUT2D eigenvalue weighted by Crippen LogP contribution is 2.28. The number of hydrogen-bond acceptors (Lipinski definition) is 1. The number of carbonyl (C=O) groups excluding carboxylic acids is 1. The Labute approximate surface area is 50.1 Å². The van der Waals surface area contributed by atoms with Crippen LogP contribution in [0, 0.1) is 11.8 Å². The minimum atomic E-state index is 0.394. The molecule has 0 spiro atoms. The molecule has 1 fully saturated rings. The molecular formula is C7H12O. The van der Waals surface area contributed by atoms with Crippen LogP contribution in [0.2, 0.25) is 0 Å². The van der Waals surface area contributed by atoms with E-state index < -0.39 is 0 Å². The first-order valence-electron chi connectivity index (χ1n) is 3.28. The van der Waals surface area contributed by atoms with Gasteiger partial charge >= 0.3 is 0 Å². The predicted octanol–water partition coefficient (Wildman–Crippen LogP) is 1.62. The molecule has 1 nitrogen and oxygen atoms in total. The zero-order chi connectivity index (χ0) is 5.98. The van der Waals surface area contributed by atoms with E-state index in [1.807, 2.05) is 0 Å². The summed E-state index contributed by atoms with van der Waals surface area (Å²) in [5, 5.41) is 0. The van der Waals surface area contributed by atoms with Crippen molar-refractivity contribution in [2.24, 2.45) is 11.8 Å². The highest BCUT2D eigenvalue weighted by Gasteiger charge is 2.19. The maximum Gasteiger partial charge on any atom is 0.123 e. The molecule has 0 N–H and O–H groups in total. The molecule has 0 aromatic heterocycles. The molecule has 0 radical (unpaired) electrons. The Morgan fingerprint density at radius 1 is 1.50 bits per heavy atom. The zero-order valence-electron chi connectivity index (χ0n) is 5.26. The third kappa shape index (κ3) is 1.09. The number of hydrogen-bond donors (Lipinski definition) is 0. The van der Waals surface area contributed by atoms with Crippen LogP contribution in [0.3, 0.4) is 0 Å². The number of rotatable bonds is 1. The Hall–Kier alpha value is -0.330. The molecule has 0 bridgehead atoms. The molecule has 0 aliphatic heterocycles. The smallest absolute Gasteiger partial charge is 0.123 e. The molecule has 1 aliphatic rings. The quantitative estimate of drug-likeness (QED) is 0.471. The highest BCUT2D eigenvalue weighted by molar-refractivity contribution is 5.53. The van der Waals surface area contributed by atoms with E-state index in [4.69, 9.17) is 0 Å². The van der Waals surface area contributed by atoms with Crippen molar-refractivity contribution < 1.29 is 4.79 Å². The molecule has 0 unspecified atom stereocenters. The highest BCUT2D eigenvalue weighted by atomic mass is 16.1. The Morgan fingerprint density at radius 2 is 2.25 bits per heavy atom. The third-order valence-corrected chi connectivity index (χ3v) is 1.93. The Bertz CT molecular complexity index is 88.4. The third-order valence-electron chi connectivity index (χ3n) is 1.93. The second kappa shape index (κ2) is 2.29. The van der Waals surface area contributed by atoms with E-state index in [2.05, 4.69) is 6.92 Å². The van der Waals surface area contributed by atoms with Crippen molar-refractivity contribution in [2.75, 3.05) is 0 Å². The van der Waals surface area contributed by atoms with Gasteiger partial charge in [-0.25, -0.2) is 0 Å². The van der Waals surface area contributed by atoms with Crippen molar-refractivity contribution in [3.8, 4) is 0 Å². The molecule has 46 valence electrons. The van der Waals surface area contributed by atoms with Crippen LogP contribution in [0.1, 0.15) is 26.2 Å². The lowest BCUT2D eigenvalue weighted by atomic mass is 10.1. The standard InChI is InChI=1S/C7H12O/c1-6-2-3-7(4-6)5-8/h5-7H,2-4H2,1H3/t6-,7+/m0/s1. The van der Waals surface area contributed by atoms with Crippen molar-refractivity contribution in [1.29, 1.82) is 0 Å². The first-order chi connectivity index (χ1) is 3.83. The van der Waals surface area contributed by atoms with Crippen LogP contribution >= 0.6 is 0 Å². The molecule has 1 aliphatic carbocycles. The summed E-state index contributed by atoms with van der Waals surface area (Å²) >= 11 is 0. The molecule has 1 rings (SSSR count). The summed E-state index contributed by atoms with van der Waals surface area (Å²) in [6.45, 7) is 2.21. The molecule has 0 aromatic carbocycles. The molecular weight excluding hydrogens is 100 g/mol. The summed E-state index contributed by atoms with van der Waals surface area (Å²) in [5.74, 6) is 1.19. The van der Waals surface area contributed by atoms with Crippen LogP contribution in [0.15, 0.2) is 0 Å². The molecule has 0 amide bonds. The minimum Gasteiger partial charge on any atom is -0.303 e. The molecule has 2 atom stereocenters. The van der Waals surface area contributed by atoms with E-state index in [9.17, 15) is 4.79 Å². The van der Waals surface area contributed by atoms with Crippen LogP contribution in [-0.4, -0.2) is 6.29 Å². The van der Waals surface area contributed by atoms with E-state index in [0.717, 1.165) is 25.0 Å². The van der Waals surface area contributed by atoms with Crippen LogP contribution in [0.4, 0.5) is 0 Å². The molecule has 0 aromatic rings. The van der Waals surface area contributed by atoms with Gasteiger partial charge in [-0.2, -0.15) is 0 Å². The monoisotopic (exact) mass is 112 g/mol. The van der Waals surface area contributed by atoms with Crippen LogP contribution < -0.4 is 0 Å². The lowest BCUT2D eigenvalue weighted by molar-refractivity contribution is -0.110. The van der Waals surface area contributed by atoms with Gasteiger partial charge in [0.2, 0.25) is 0 Å². The normalized spacial score (nSPS) is 37.6. The molecule has 0 saturated heterocycles. The fraction of sp³-hybridized carbons (Fsp3) is 0.857. The first-order valence-corrected chi connectivity index (χ1v) is 3.28. The lowest BCUT2D eigenvalue weighted by Crippen LogP contribution is -1.93. The largest absolute Gasteiger partial charge is 0.303 e.